The van der Waals surface area contributed by atoms with Crippen molar-refractivity contribution in [3.05, 3.63) is 90.9 Å². The number of benzene rings is 2. The zero-order chi connectivity index (χ0) is 15.2. The van der Waals surface area contributed by atoms with E-state index >= 15 is 0 Å². The van der Waals surface area contributed by atoms with E-state index in [1.54, 1.807) is 35.6 Å². The lowest BCUT2D eigenvalue weighted by Gasteiger charge is -2.21. The van der Waals surface area contributed by atoms with Gasteiger partial charge in [0.15, 0.2) is 0 Å². The molecule has 2 aromatic carbocycles. The lowest BCUT2D eigenvalue weighted by Crippen LogP contribution is -2.23. The molecule has 0 radical (unpaired) electrons. The van der Waals surface area contributed by atoms with Crippen LogP contribution in [-0.4, -0.2) is 5.91 Å². The van der Waals surface area contributed by atoms with Gasteiger partial charge in [-0.25, -0.2) is 0 Å². The number of hydrogen-bond donors (Lipinski definition) is 0. The SMILES string of the molecule is O=C(C=Cc1ccoc1)N(c1ccccc1)c1ccccc1. The highest BCUT2D eigenvalue weighted by Crippen LogP contribution is 2.25. The van der Waals surface area contributed by atoms with Gasteiger partial charge < -0.3 is 4.42 Å². The molecular weight excluding hydrogens is 274 g/mol. The summed E-state index contributed by atoms with van der Waals surface area (Å²) in [7, 11) is 0. The summed E-state index contributed by atoms with van der Waals surface area (Å²) in [6, 6.07) is 21.0. The molecule has 0 saturated carbocycles. The van der Waals surface area contributed by atoms with Crippen molar-refractivity contribution in [3.8, 4) is 0 Å². The van der Waals surface area contributed by atoms with Crippen molar-refractivity contribution < 1.29 is 9.21 Å². The molecule has 1 heterocycles. The monoisotopic (exact) mass is 289 g/mol. The molecule has 0 aliphatic rings. The Bertz CT molecular complexity index is 707. The Morgan fingerprint density at radius 1 is 0.864 bits per heavy atom. The number of carbonyl (C=O) groups is 1. The lowest BCUT2D eigenvalue weighted by molar-refractivity contribution is -0.113. The molecule has 0 fully saturated rings. The van der Waals surface area contributed by atoms with Gasteiger partial charge in [-0.1, -0.05) is 36.4 Å². The summed E-state index contributed by atoms with van der Waals surface area (Å²) in [5.74, 6) is -0.112. The zero-order valence-corrected chi connectivity index (χ0v) is 11.9. The largest absolute Gasteiger partial charge is 0.472 e. The zero-order valence-electron chi connectivity index (χ0n) is 11.9. The van der Waals surface area contributed by atoms with E-state index in [2.05, 4.69) is 0 Å². The molecule has 0 saturated heterocycles. The standard InChI is InChI=1S/C19H15NO2/c21-19(12-11-16-13-14-22-15-16)20(17-7-3-1-4-8-17)18-9-5-2-6-10-18/h1-15H. The van der Waals surface area contributed by atoms with E-state index in [0.29, 0.717) is 0 Å². The van der Waals surface area contributed by atoms with Crippen LogP contribution >= 0.6 is 0 Å². The number of nitrogens with zero attached hydrogens (tertiary/aromatic N) is 1. The van der Waals surface area contributed by atoms with Crippen LogP contribution in [0.5, 0.6) is 0 Å². The Labute approximate surface area is 129 Å². The van der Waals surface area contributed by atoms with Gasteiger partial charge in [-0.3, -0.25) is 9.69 Å². The molecule has 0 unspecified atom stereocenters. The molecule has 3 aromatic rings. The van der Waals surface area contributed by atoms with Crippen molar-refractivity contribution in [2.75, 3.05) is 4.90 Å². The molecule has 0 aliphatic heterocycles. The Hall–Kier alpha value is -3.07. The predicted octanol–water partition coefficient (Wildman–Crippen LogP) is 4.66. The molecule has 3 heteroatoms. The van der Waals surface area contributed by atoms with Crippen molar-refractivity contribution in [3.63, 3.8) is 0 Å². The molecule has 108 valence electrons. The lowest BCUT2D eigenvalue weighted by atomic mass is 10.2. The maximum atomic E-state index is 12.6. The van der Waals surface area contributed by atoms with E-state index in [-0.39, 0.29) is 5.91 Å². The summed E-state index contributed by atoms with van der Waals surface area (Å²) in [5, 5.41) is 0. The average Bonchev–Trinajstić information content (AvgIpc) is 3.09. The van der Waals surface area contributed by atoms with Gasteiger partial charge >= 0.3 is 0 Å². The second-order valence-corrected chi connectivity index (χ2v) is 4.73. The predicted molar refractivity (Wildman–Crippen MR) is 87.8 cm³/mol. The number of amides is 1. The number of para-hydroxylation sites is 2. The van der Waals surface area contributed by atoms with Crippen molar-refractivity contribution in [1.82, 2.24) is 0 Å². The summed E-state index contributed by atoms with van der Waals surface area (Å²) in [6.07, 6.45) is 6.46. The van der Waals surface area contributed by atoms with Crippen LogP contribution in [0.3, 0.4) is 0 Å². The summed E-state index contributed by atoms with van der Waals surface area (Å²) in [5.41, 5.74) is 2.51. The van der Waals surface area contributed by atoms with E-state index in [0.717, 1.165) is 16.9 Å². The molecular formula is C19H15NO2. The van der Waals surface area contributed by atoms with Crippen molar-refractivity contribution in [2.45, 2.75) is 0 Å². The van der Waals surface area contributed by atoms with Crippen LogP contribution in [0, 0.1) is 0 Å². The van der Waals surface area contributed by atoms with Crippen molar-refractivity contribution >= 4 is 23.4 Å². The van der Waals surface area contributed by atoms with E-state index in [9.17, 15) is 4.79 Å². The summed E-state index contributed by atoms with van der Waals surface area (Å²) >= 11 is 0. The van der Waals surface area contributed by atoms with Crippen molar-refractivity contribution in [2.24, 2.45) is 0 Å². The minimum atomic E-state index is -0.112. The van der Waals surface area contributed by atoms with Gasteiger partial charge in [-0.15, -0.1) is 0 Å². The Morgan fingerprint density at radius 2 is 1.45 bits per heavy atom. The minimum absolute atomic E-state index is 0.112. The third-order valence-corrected chi connectivity index (χ3v) is 3.21. The van der Waals surface area contributed by atoms with Crippen LogP contribution in [0.1, 0.15) is 5.56 Å². The van der Waals surface area contributed by atoms with E-state index in [1.165, 1.54) is 0 Å². The normalized spacial score (nSPS) is 10.7. The topological polar surface area (TPSA) is 33.5 Å². The third kappa shape index (κ3) is 3.15. The van der Waals surface area contributed by atoms with Gasteiger partial charge in [0.1, 0.15) is 0 Å². The highest BCUT2D eigenvalue weighted by atomic mass is 16.3. The Kier molecular flexibility index (Phi) is 4.16. The fourth-order valence-electron chi connectivity index (χ4n) is 2.17. The molecule has 22 heavy (non-hydrogen) atoms. The minimum Gasteiger partial charge on any atom is -0.472 e. The highest BCUT2D eigenvalue weighted by Gasteiger charge is 2.14. The fourth-order valence-corrected chi connectivity index (χ4v) is 2.17. The quantitative estimate of drug-likeness (QED) is 0.655. The third-order valence-electron chi connectivity index (χ3n) is 3.21. The maximum absolute atomic E-state index is 12.6. The van der Waals surface area contributed by atoms with Gasteiger partial charge in [0.2, 0.25) is 0 Å². The molecule has 1 aromatic heterocycles. The summed E-state index contributed by atoms with van der Waals surface area (Å²) in [4.78, 5) is 14.3. The van der Waals surface area contributed by atoms with Crippen LogP contribution in [-0.2, 0) is 4.79 Å². The number of furan rings is 1. The van der Waals surface area contributed by atoms with E-state index in [4.69, 9.17) is 4.42 Å². The molecule has 0 spiro atoms. The van der Waals surface area contributed by atoms with E-state index in [1.807, 2.05) is 60.7 Å². The number of rotatable bonds is 4. The molecule has 3 rings (SSSR count). The number of anilines is 2. The average molecular weight is 289 g/mol. The Morgan fingerprint density at radius 3 is 1.95 bits per heavy atom. The van der Waals surface area contributed by atoms with Crippen LogP contribution in [0.4, 0.5) is 11.4 Å². The molecule has 0 N–H and O–H groups in total. The first-order valence-electron chi connectivity index (χ1n) is 6.99. The van der Waals surface area contributed by atoms with E-state index < -0.39 is 0 Å². The highest BCUT2D eigenvalue weighted by molar-refractivity contribution is 6.08. The van der Waals surface area contributed by atoms with Crippen LogP contribution in [0.2, 0.25) is 0 Å². The first kappa shape index (κ1) is 13.9. The molecule has 0 bridgehead atoms. The fraction of sp³-hybridized carbons (Fsp3) is 0. The molecule has 1 amide bonds. The summed E-state index contributed by atoms with van der Waals surface area (Å²) < 4.78 is 5.00. The first-order chi connectivity index (χ1) is 10.8. The van der Waals surface area contributed by atoms with Crippen molar-refractivity contribution in [1.29, 1.82) is 0 Å². The first-order valence-corrected chi connectivity index (χ1v) is 6.99. The second-order valence-electron chi connectivity index (χ2n) is 4.73. The van der Waals surface area contributed by atoms with Gasteiger partial charge in [-0.05, 0) is 36.4 Å². The summed E-state index contributed by atoms with van der Waals surface area (Å²) in [6.45, 7) is 0. The van der Waals surface area contributed by atoms with Crippen LogP contribution in [0.25, 0.3) is 6.08 Å². The molecule has 0 aliphatic carbocycles. The van der Waals surface area contributed by atoms with Crippen LogP contribution in [0.15, 0.2) is 89.7 Å². The van der Waals surface area contributed by atoms with Crippen LogP contribution < -0.4 is 4.90 Å². The second kappa shape index (κ2) is 6.59. The Balaban J connectivity index is 1.93. The number of carbonyl (C=O) groups excluding carboxylic acids is 1. The van der Waals surface area contributed by atoms with Gasteiger partial charge in [0.05, 0.1) is 12.5 Å². The van der Waals surface area contributed by atoms with Gasteiger partial charge in [0, 0.05) is 23.0 Å². The smallest absolute Gasteiger partial charge is 0.255 e. The van der Waals surface area contributed by atoms with Gasteiger partial charge in [0.25, 0.3) is 5.91 Å². The molecule has 3 nitrogen and oxygen atoms in total. The number of hydrogen-bond acceptors (Lipinski definition) is 2. The maximum Gasteiger partial charge on any atom is 0.255 e. The molecule has 0 atom stereocenters. The van der Waals surface area contributed by atoms with Gasteiger partial charge in [-0.2, -0.15) is 0 Å².